The Balaban J connectivity index is 1.34. The summed E-state index contributed by atoms with van der Waals surface area (Å²) in [7, 11) is 1.51. The van der Waals surface area contributed by atoms with Gasteiger partial charge in [0.1, 0.15) is 12.2 Å². The number of nitrogens with zero attached hydrogens (tertiary/aromatic N) is 3. The zero-order valence-corrected chi connectivity index (χ0v) is 22.9. The molecule has 0 saturated carbocycles. The number of ether oxygens (including phenoxy) is 2. The fraction of sp³-hybridized carbons (Fsp3) is 0.0625. The molecule has 0 unspecified atom stereocenters. The SMILES string of the molecule is COc1cc(C=Nn2c(-c3cc4cc(Cl)ccc4o3)nc3ccccc3c2=O)ccc1OCc1cccc(C(=O)O)c1. The van der Waals surface area contributed by atoms with Gasteiger partial charge in [0.15, 0.2) is 17.3 Å². The third-order valence-corrected chi connectivity index (χ3v) is 6.77. The zero-order chi connectivity index (χ0) is 29.2. The summed E-state index contributed by atoms with van der Waals surface area (Å²) in [4.78, 5) is 29.5. The molecule has 9 nitrogen and oxygen atoms in total. The molecule has 2 heterocycles. The van der Waals surface area contributed by atoms with Crippen molar-refractivity contribution in [2.45, 2.75) is 6.61 Å². The summed E-state index contributed by atoms with van der Waals surface area (Å²) in [6.45, 7) is 0.148. The smallest absolute Gasteiger partial charge is 0.335 e. The minimum absolute atomic E-state index is 0.148. The van der Waals surface area contributed by atoms with Crippen molar-refractivity contribution in [1.82, 2.24) is 9.66 Å². The number of carboxylic acids is 1. The van der Waals surface area contributed by atoms with E-state index in [0.29, 0.717) is 49.9 Å². The Morgan fingerprint density at radius 1 is 1.02 bits per heavy atom. The van der Waals surface area contributed by atoms with Gasteiger partial charge in [-0.2, -0.15) is 9.78 Å². The lowest BCUT2D eigenvalue weighted by molar-refractivity contribution is 0.0696. The summed E-state index contributed by atoms with van der Waals surface area (Å²) >= 11 is 6.15. The predicted octanol–water partition coefficient (Wildman–Crippen LogP) is 6.63. The topological polar surface area (TPSA) is 116 Å². The third-order valence-electron chi connectivity index (χ3n) is 6.53. The maximum absolute atomic E-state index is 13.5. The van der Waals surface area contributed by atoms with Crippen molar-refractivity contribution in [1.29, 1.82) is 0 Å². The van der Waals surface area contributed by atoms with Gasteiger partial charge in [-0.3, -0.25) is 4.79 Å². The van der Waals surface area contributed by atoms with Crippen molar-refractivity contribution in [3.05, 3.63) is 123 Å². The van der Waals surface area contributed by atoms with Crippen LogP contribution < -0.4 is 15.0 Å². The number of rotatable bonds is 8. The quantitative estimate of drug-likeness (QED) is 0.201. The highest BCUT2D eigenvalue weighted by atomic mass is 35.5. The summed E-state index contributed by atoms with van der Waals surface area (Å²) in [5.74, 6) is 0.485. The average molecular weight is 580 g/mol. The Morgan fingerprint density at radius 3 is 2.71 bits per heavy atom. The van der Waals surface area contributed by atoms with Crippen LogP contribution in [0.15, 0.2) is 105 Å². The lowest BCUT2D eigenvalue weighted by Crippen LogP contribution is -2.20. The third kappa shape index (κ3) is 5.33. The van der Waals surface area contributed by atoms with Crippen molar-refractivity contribution >= 4 is 45.7 Å². The first kappa shape index (κ1) is 26.8. The molecule has 2 aromatic heterocycles. The molecule has 10 heteroatoms. The van der Waals surface area contributed by atoms with E-state index in [1.165, 1.54) is 24.1 Å². The number of aromatic carboxylic acids is 1. The number of para-hydroxylation sites is 1. The van der Waals surface area contributed by atoms with E-state index in [9.17, 15) is 14.7 Å². The maximum atomic E-state index is 13.5. The molecule has 0 saturated heterocycles. The molecule has 0 aliphatic heterocycles. The second-order valence-electron chi connectivity index (χ2n) is 9.31. The summed E-state index contributed by atoms with van der Waals surface area (Å²) in [6.07, 6.45) is 1.52. The summed E-state index contributed by atoms with van der Waals surface area (Å²) in [5.41, 5.74) is 2.27. The molecule has 0 aliphatic carbocycles. The maximum Gasteiger partial charge on any atom is 0.335 e. The molecule has 42 heavy (non-hydrogen) atoms. The van der Waals surface area contributed by atoms with Crippen molar-refractivity contribution in [2.24, 2.45) is 5.10 Å². The number of methoxy groups -OCH3 is 1. The lowest BCUT2D eigenvalue weighted by atomic mass is 10.1. The number of halogens is 1. The van der Waals surface area contributed by atoms with E-state index in [2.05, 4.69) is 5.10 Å². The summed E-state index contributed by atoms with van der Waals surface area (Å²) in [6, 6.07) is 25.8. The molecule has 0 aliphatic rings. The van der Waals surface area contributed by atoms with Gasteiger partial charge in [0.25, 0.3) is 5.56 Å². The highest BCUT2D eigenvalue weighted by Crippen LogP contribution is 2.30. The Kier molecular flexibility index (Phi) is 7.16. The molecule has 6 aromatic rings. The number of carboxylic acid groups (broad SMARTS) is 1. The van der Waals surface area contributed by atoms with Crippen molar-refractivity contribution in [2.75, 3.05) is 7.11 Å². The molecule has 0 amide bonds. The van der Waals surface area contributed by atoms with Crippen molar-refractivity contribution < 1.29 is 23.8 Å². The molecule has 0 radical (unpaired) electrons. The van der Waals surface area contributed by atoms with E-state index < -0.39 is 5.97 Å². The molecular weight excluding hydrogens is 558 g/mol. The van der Waals surface area contributed by atoms with Gasteiger partial charge >= 0.3 is 5.97 Å². The minimum atomic E-state index is -1.01. The molecule has 0 fully saturated rings. The fourth-order valence-electron chi connectivity index (χ4n) is 4.48. The predicted molar refractivity (Wildman–Crippen MR) is 160 cm³/mol. The van der Waals surface area contributed by atoms with Crippen LogP contribution in [0.5, 0.6) is 11.5 Å². The molecule has 0 bridgehead atoms. The number of hydrogen-bond donors (Lipinski definition) is 1. The van der Waals surface area contributed by atoms with Gasteiger partial charge in [-0.1, -0.05) is 35.9 Å². The van der Waals surface area contributed by atoms with Gasteiger partial charge < -0.3 is 19.0 Å². The molecule has 1 N–H and O–H groups in total. The standard InChI is InChI=1S/C32H22ClN3O6/c1-40-28-14-19(9-11-27(28)41-18-20-5-4-6-21(13-20)32(38)39)17-34-36-30(35-25-8-3-2-7-24(25)31(36)37)29-16-22-15-23(33)10-12-26(22)42-29/h2-17H,18H2,1H3,(H,38,39). The molecule has 0 atom stereocenters. The second-order valence-corrected chi connectivity index (χ2v) is 9.75. The number of aromatic nitrogens is 2. The summed E-state index contributed by atoms with van der Waals surface area (Å²) in [5, 5.41) is 15.5. The molecular formula is C32H22ClN3O6. The van der Waals surface area contributed by atoms with Crippen molar-refractivity contribution in [3.63, 3.8) is 0 Å². The lowest BCUT2D eigenvalue weighted by Gasteiger charge is -2.12. The van der Waals surface area contributed by atoms with Crippen LogP contribution in [0.1, 0.15) is 21.5 Å². The first-order valence-electron chi connectivity index (χ1n) is 12.8. The summed E-state index contributed by atoms with van der Waals surface area (Å²) < 4.78 is 18.6. The van der Waals surface area contributed by atoms with Crippen LogP contribution in [-0.2, 0) is 6.61 Å². The van der Waals surface area contributed by atoms with Gasteiger partial charge in [-0.05, 0) is 77.9 Å². The van der Waals surface area contributed by atoms with E-state index in [4.69, 9.17) is 30.5 Å². The van der Waals surface area contributed by atoms with Crippen LogP contribution in [0.2, 0.25) is 5.02 Å². The van der Waals surface area contributed by atoms with Crippen LogP contribution in [0, 0.1) is 0 Å². The Morgan fingerprint density at radius 2 is 1.88 bits per heavy atom. The average Bonchev–Trinajstić information content (AvgIpc) is 3.43. The van der Waals surface area contributed by atoms with Crippen LogP contribution in [0.3, 0.4) is 0 Å². The normalized spacial score (nSPS) is 11.4. The van der Waals surface area contributed by atoms with Gasteiger partial charge in [-0.25, -0.2) is 9.78 Å². The number of carbonyl (C=O) groups is 1. The van der Waals surface area contributed by atoms with Gasteiger partial charge in [0, 0.05) is 10.4 Å². The first-order valence-corrected chi connectivity index (χ1v) is 13.2. The van der Waals surface area contributed by atoms with Gasteiger partial charge in [0.05, 0.1) is 29.8 Å². The molecule has 208 valence electrons. The molecule has 4 aromatic carbocycles. The van der Waals surface area contributed by atoms with Gasteiger partial charge in [0.2, 0.25) is 5.82 Å². The largest absolute Gasteiger partial charge is 0.493 e. The molecule has 6 rings (SSSR count). The van der Waals surface area contributed by atoms with E-state index in [-0.39, 0.29) is 23.6 Å². The number of furan rings is 1. The Hall–Kier alpha value is -5.41. The number of fused-ring (bicyclic) bond motifs is 2. The van der Waals surface area contributed by atoms with Crippen LogP contribution in [0.25, 0.3) is 33.5 Å². The zero-order valence-electron chi connectivity index (χ0n) is 22.2. The van der Waals surface area contributed by atoms with Gasteiger partial charge in [-0.15, -0.1) is 0 Å². The van der Waals surface area contributed by atoms with Crippen LogP contribution in [0.4, 0.5) is 0 Å². The van der Waals surface area contributed by atoms with Crippen LogP contribution in [-0.4, -0.2) is 34.1 Å². The van der Waals surface area contributed by atoms with E-state index >= 15 is 0 Å². The fourth-order valence-corrected chi connectivity index (χ4v) is 4.66. The minimum Gasteiger partial charge on any atom is -0.493 e. The van der Waals surface area contributed by atoms with Crippen molar-refractivity contribution in [3.8, 4) is 23.1 Å². The second kappa shape index (κ2) is 11.2. The Bertz CT molecular complexity index is 2060. The Labute approximate surface area is 243 Å². The monoisotopic (exact) mass is 579 g/mol. The number of hydrogen-bond acceptors (Lipinski definition) is 7. The van der Waals surface area contributed by atoms with E-state index in [1.54, 1.807) is 78.9 Å². The molecule has 0 spiro atoms. The van der Waals surface area contributed by atoms with Crippen LogP contribution >= 0.6 is 11.6 Å². The highest BCUT2D eigenvalue weighted by Gasteiger charge is 2.17. The number of benzene rings is 4. The van der Waals surface area contributed by atoms with E-state index in [1.807, 2.05) is 6.07 Å². The van der Waals surface area contributed by atoms with E-state index in [0.717, 1.165) is 5.39 Å². The highest BCUT2D eigenvalue weighted by molar-refractivity contribution is 6.31. The first-order chi connectivity index (χ1) is 20.4.